The van der Waals surface area contributed by atoms with Gasteiger partial charge in [-0.3, -0.25) is 14.4 Å². The minimum atomic E-state index is -1.06. The van der Waals surface area contributed by atoms with Gasteiger partial charge in [-0.2, -0.15) is 0 Å². The summed E-state index contributed by atoms with van der Waals surface area (Å²) in [6.45, 7) is 2.68. The van der Waals surface area contributed by atoms with Crippen LogP contribution in [0, 0.1) is 11.3 Å². The fourth-order valence-electron chi connectivity index (χ4n) is 1.72. The van der Waals surface area contributed by atoms with Gasteiger partial charge in [0.15, 0.2) is 0 Å². The molecule has 0 saturated heterocycles. The largest absolute Gasteiger partial charge is 0.469 e. The summed E-state index contributed by atoms with van der Waals surface area (Å²) < 4.78 is 4.49. The van der Waals surface area contributed by atoms with E-state index in [9.17, 15) is 14.4 Å². The molecule has 1 unspecified atom stereocenters. The maximum absolute atomic E-state index is 11.2. The average molecular weight is 184 g/mol. The van der Waals surface area contributed by atoms with Gasteiger partial charge >= 0.3 is 5.97 Å². The summed E-state index contributed by atoms with van der Waals surface area (Å²) in [4.78, 5) is 33.4. The quantitative estimate of drug-likeness (QED) is 0.469. The second kappa shape index (κ2) is 2.94. The Labute approximate surface area is 76.3 Å². The van der Waals surface area contributed by atoms with Crippen LogP contribution in [-0.4, -0.2) is 24.6 Å². The second-order valence-electron chi connectivity index (χ2n) is 3.36. The van der Waals surface area contributed by atoms with Gasteiger partial charge in [-0.1, -0.05) is 0 Å². The third kappa shape index (κ3) is 1.26. The van der Waals surface area contributed by atoms with E-state index in [0.29, 0.717) is 6.42 Å². The molecule has 0 amide bonds. The Kier molecular flexibility index (Phi) is 2.24. The number of hydrogen-bond donors (Lipinski definition) is 0. The third-order valence-electron chi connectivity index (χ3n) is 2.70. The Morgan fingerprint density at radius 2 is 1.69 bits per heavy atom. The first-order valence-electron chi connectivity index (χ1n) is 4.06. The summed E-state index contributed by atoms with van der Waals surface area (Å²) in [5.41, 5.74) is -1.06. The zero-order chi connectivity index (χ0) is 10.2. The molecule has 1 atom stereocenters. The molecule has 1 rings (SSSR count). The first-order valence-corrected chi connectivity index (χ1v) is 4.06. The molecule has 0 aromatic heterocycles. The molecule has 1 aliphatic carbocycles. The number of methoxy groups -OCH3 is 1. The van der Waals surface area contributed by atoms with Crippen molar-refractivity contribution < 1.29 is 19.1 Å². The third-order valence-corrected chi connectivity index (χ3v) is 2.70. The summed E-state index contributed by atoms with van der Waals surface area (Å²) in [5, 5.41) is 0. The summed E-state index contributed by atoms with van der Waals surface area (Å²) in [7, 11) is 1.26. The van der Waals surface area contributed by atoms with E-state index in [-0.39, 0.29) is 11.6 Å². The van der Waals surface area contributed by atoms with Gasteiger partial charge in [0.1, 0.15) is 17.0 Å². The molecule has 0 spiro atoms. The van der Waals surface area contributed by atoms with Gasteiger partial charge in [-0.15, -0.1) is 0 Å². The van der Waals surface area contributed by atoms with Crippen molar-refractivity contribution in [2.75, 3.05) is 7.11 Å². The number of Topliss-reactive ketones (excluding diaryl/α,β-unsaturated/α-hetero) is 2. The van der Waals surface area contributed by atoms with Crippen LogP contribution in [0.5, 0.6) is 0 Å². The van der Waals surface area contributed by atoms with Crippen LogP contribution >= 0.6 is 0 Å². The summed E-state index contributed by atoms with van der Waals surface area (Å²) in [5.74, 6) is -1.50. The zero-order valence-electron chi connectivity index (χ0n) is 7.92. The van der Waals surface area contributed by atoms with Crippen molar-refractivity contribution >= 4 is 17.5 Å². The average Bonchev–Trinajstić information content (AvgIpc) is 2.78. The molecule has 72 valence electrons. The molecule has 0 aromatic rings. The minimum absolute atomic E-state index is 0.240. The Hall–Kier alpha value is -1.19. The van der Waals surface area contributed by atoms with Gasteiger partial charge in [0.25, 0.3) is 0 Å². The number of hydrogen-bond acceptors (Lipinski definition) is 4. The van der Waals surface area contributed by atoms with E-state index in [0.717, 1.165) is 0 Å². The van der Waals surface area contributed by atoms with Gasteiger partial charge in [-0.05, 0) is 20.3 Å². The highest BCUT2D eigenvalue weighted by atomic mass is 16.5. The highest BCUT2D eigenvalue weighted by molar-refractivity contribution is 6.12. The number of ether oxygens (including phenoxy) is 1. The molecule has 0 N–H and O–H groups in total. The molecule has 4 heteroatoms. The lowest BCUT2D eigenvalue weighted by molar-refractivity contribution is -0.146. The smallest absolute Gasteiger partial charge is 0.310 e. The van der Waals surface area contributed by atoms with Gasteiger partial charge in [0.05, 0.1) is 13.0 Å². The van der Waals surface area contributed by atoms with Gasteiger partial charge in [-0.25, -0.2) is 0 Å². The van der Waals surface area contributed by atoms with Crippen LogP contribution in [0.1, 0.15) is 20.3 Å². The van der Waals surface area contributed by atoms with Crippen LogP contribution in [0.3, 0.4) is 0 Å². The van der Waals surface area contributed by atoms with Crippen molar-refractivity contribution in [2.45, 2.75) is 20.3 Å². The molecule has 1 fully saturated rings. The van der Waals surface area contributed by atoms with E-state index >= 15 is 0 Å². The summed E-state index contributed by atoms with van der Waals surface area (Å²) in [6.07, 6.45) is 0.310. The topological polar surface area (TPSA) is 60.4 Å². The number of rotatable bonds is 3. The normalized spacial score (nSPS) is 23.5. The maximum Gasteiger partial charge on any atom is 0.310 e. The predicted molar refractivity (Wildman–Crippen MR) is 43.9 cm³/mol. The van der Waals surface area contributed by atoms with Crippen molar-refractivity contribution in [2.24, 2.45) is 11.3 Å². The fraction of sp³-hybridized carbons (Fsp3) is 0.667. The van der Waals surface area contributed by atoms with Crippen LogP contribution in [0.15, 0.2) is 0 Å². The number of carbonyl (C=O) groups excluding carboxylic acids is 3. The van der Waals surface area contributed by atoms with Gasteiger partial charge in [0, 0.05) is 0 Å². The van der Waals surface area contributed by atoms with Crippen LogP contribution in [0.4, 0.5) is 0 Å². The van der Waals surface area contributed by atoms with Gasteiger partial charge in [0.2, 0.25) is 0 Å². The SMILES string of the molecule is COC(=O)C1CC1(C(C)=O)C(C)=O. The van der Waals surface area contributed by atoms with E-state index in [1.54, 1.807) is 0 Å². The maximum atomic E-state index is 11.2. The number of esters is 1. The molecule has 0 radical (unpaired) electrons. The van der Waals surface area contributed by atoms with Crippen molar-refractivity contribution in [3.05, 3.63) is 0 Å². The standard InChI is InChI=1S/C9H12O4/c1-5(10)9(6(2)11)4-7(9)8(12)13-3/h7H,4H2,1-3H3. The molecule has 1 saturated carbocycles. The summed E-state index contributed by atoms with van der Waals surface area (Å²) >= 11 is 0. The molecule has 0 heterocycles. The molecule has 4 nitrogen and oxygen atoms in total. The Morgan fingerprint density at radius 1 is 1.23 bits per heavy atom. The highest BCUT2D eigenvalue weighted by Crippen LogP contribution is 2.54. The Balaban J connectivity index is 2.85. The van der Waals surface area contributed by atoms with Crippen molar-refractivity contribution in [3.8, 4) is 0 Å². The lowest BCUT2D eigenvalue weighted by atomic mass is 9.94. The molecular weight excluding hydrogens is 172 g/mol. The van der Waals surface area contributed by atoms with E-state index in [1.165, 1.54) is 21.0 Å². The molecule has 0 aliphatic heterocycles. The molecule has 0 bridgehead atoms. The molecule has 1 aliphatic rings. The number of ketones is 2. The monoisotopic (exact) mass is 184 g/mol. The zero-order valence-corrected chi connectivity index (χ0v) is 7.92. The fourth-order valence-corrected chi connectivity index (χ4v) is 1.72. The predicted octanol–water partition coefficient (Wildman–Crippen LogP) is 0.344. The van der Waals surface area contributed by atoms with E-state index in [4.69, 9.17) is 0 Å². The van der Waals surface area contributed by atoms with E-state index < -0.39 is 17.3 Å². The van der Waals surface area contributed by atoms with Crippen molar-refractivity contribution in [1.82, 2.24) is 0 Å². The van der Waals surface area contributed by atoms with E-state index in [1.807, 2.05) is 0 Å². The van der Waals surface area contributed by atoms with Gasteiger partial charge < -0.3 is 4.74 Å². The first kappa shape index (κ1) is 9.89. The van der Waals surface area contributed by atoms with Crippen LogP contribution < -0.4 is 0 Å². The lowest BCUT2D eigenvalue weighted by Crippen LogP contribution is -2.26. The number of carbonyl (C=O) groups is 3. The summed E-state index contributed by atoms with van der Waals surface area (Å²) in [6, 6.07) is 0. The lowest BCUT2D eigenvalue weighted by Gasteiger charge is -2.07. The van der Waals surface area contributed by atoms with Crippen LogP contribution in [-0.2, 0) is 19.1 Å². The molecular formula is C9H12O4. The minimum Gasteiger partial charge on any atom is -0.469 e. The highest BCUT2D eigenvalue weighted by Gasteiger charge is 2.65. The Morgan fingerprint density at radius 3 is 1.92 bits per heavy atom. The molecule has 13 heavy (non-hydrogen) atoms. The van der Waals surface area contributed by atoms with E-state index in [2.05, 4.69) is 4.74 Å². The van der Waals surface area contributed by atoms with Crippen LogP contribution in [0.2, 0.25) is 0 Å². The van der Waals surface area contributed by atoms with Crippen molar-refractivity contribution in [3.63, 3.8) is 0 Å². The Bertz CT molecular complexity index is 265. The van der Waals surface area contributed by atoms with Crippen LogP contribution in [0.25, 0.3) is 0 Å². The molecule has 0 aromatic carbocycles. The van der Waals surface area contributed by atoms with Crippen molar-refractivity contribution in [1.29, 1.82) is 0 Å². The first-order chi connectivity index (χ1) is 5.96. The second-order valence-corrected chi connectivity index (χ2v) is 3.36.